The topological polar surface area (TPSA) is 94.3 Å². The molecular weight excluding hydrogens is 290 g/mol. The highest BCUT2D eigenvalue weighted by Crippen LogP contribution is 2.27. The van der Waals surface area contributed by atoms with Crippen molar-refractivity contribution in [1.29, 1.82) is 0 Å². The lowest BCUT2D eigenvalue weighted by atomic mass is 10.2. The largest absolute Gasteiger partial charge is 0.495 e. The molecule has 21 heavy (non-hydrogen) atoms. The van der Waals surface area contributed by atoms with Crippen LogP contribution >= 0.6 is 0 Å². The van der Waals surface area contributed by atoms with Crippen molar-refractivity contribution in [2.45, 2.75) is 17.9 Å². The lowest BCUT2D eigenvalue weighted by Crippen LogP contribution is -2.27. The van der Waals surface area contributed by atoms with Gasteiger partial charge < -0.3 is 10.5 Å². The number of benzene rings is 1. The fraction of sp³-hybridized carbons (Fsp3) is 0.214. The third-order valence-electron chi connectivity index (χ3n) is 2.94. The lowest BCUT2D eigenvalue weighted by molar-refractivity contribution is 0.402. The van der Waals surface area contributed by atoms with Crippen LogP contribution in [0.3, 0.4) is 0 Å². The van der Waals surface area contributed by atoms with Crippen LogP contribution in [-0.4, -0.2) is 20.5 Å². The van der Waals surface area contributed by atoms with Crippen LogP contribution in [0.25, 0.3) is 0 Å². The highest BCUT2D eigenvalue weighted by Gasteiger charge is 2.22. The van der Waals surface area contributed by atoms with Gasteiger partial charge in [-0.15, -0.1) is 0 Å². The van der Waals surface area contributed by atoms with E-state index >= 15 is 0 Å². The van der Waals surface area contributed by atoms with Crippen LogP contribution in [0.15, 0.2) is 47.5 Å². The minimum absolute atomic E-state index is 0.0435. The minimum Gasteiger partial charge on any atom is -0.495 e. The van der Waals surface area contributed by atoms with Crippen molar-refractivity contribution in [3.05, 3.63) is 48.3 Å². The monoisotopic (exact) mass is 307 g/mol. The molecule has 112 valence electrons. The Labute approximate surface area is 124 Å². The first-order valence-electron chi connectivity index (χ1n) is 6.31. The number of ether oxygens (including phenoxy) is 1. The van der Waals surface area contributed by atoms with Crippen LogP contribution in [0, 0.1) is 0 Å². The van der Waals surface area contributed by atoms with Crippen molar-refractivity contribution in [1.82, 2.24) is 9.71 Å². The molecule has 0 aliphatic heterocycles. The van der Waals surface area contributed by atoms with Crippen molar-refractivity contribution in [3.8, 4) is 5.75 Å². The Hall–Kier alpha value is -2.12. The van der Waals surface area contributed by atoms with Gasteiger partial charge in [0.25, 0.3) is 0 Å². The van der Waals surface area contributed by atoms with Gasteiger partial charge in [-0.05, 0) is 31.2 Å². The maximum absolute atomic E-state index is 12.4. The van der Waals surface area contributed by atoms with Crippen molar-refractivity contribution in [2.24, 2.45) is 0 Å². The first-order valence-corrected chi connectivity index (χ1v) is 7.79. The Bertz CT molecular complexity index is 717. The van der Waals surface area contributed by atoms with Gasteiger partial charge in [0.2, 0.25) is 10.0 Å². The fourth-order valence-electron chi connectivity index (χ4n) is 1.89. The molecule has 1 unspecified atom stereocenters. The summed E-state index contributed by atoms with van der Waals surface area (Å²) in [5, 5.41) is 0. The molecule has 0 aliphatic carbocycles. The summed E-state index contributed by atoms with van der Waals surface area (Å²) < 4.78 is 32.6. The number of aromatic nitrogens is 1. The molecular formula is C14H17N3O3S. The number of hydrogen-bond donors (Lipinski definition) is 2. The number of pyridine rings is 1. The van der Waals surface area contributed by atoms with Crippen molar-refractivity contribution >= 4 is 15.7 Å². The molecule has 7 heteroatoms. The third kappa shape index (κ3) is 3.50. The molecule has 1 heterocycles. The van der Waals surface area contributed by atoms with Crippen LogP contribution in [0.1, 0.15) is 18.7 Å². The molecule has 3 N–H and O–H groups in total. The number of hydrogen-bond acceptors (Lipinski definition) is 5. The molecule has 2 rings (SSSR count). The predicted molar refractivity (Wildman–Crippen MR) is 80.4 cm³/mol. The van der Waals surface area contributed by atoms with Crippen LogP contribution in [0.2, 0.25) is 0 Å². The second kappa shape index (κ2) is 6.11. The molecule has 6 nitrogen and oxygen atoms in total. The SMILES string of the molecule is COc1cc(N)ccc1S(=O)(=O)NC(C)c1ccccn1. The number of methoxy groups -OCH3 is 1. The molecule has 0 saturated carbocycles. The number of nitrogen functional groups attached to an aromatic ring is 1. The summed E-state index contributed by atoms with van der Waals surface area (Å²) in [6, 6.07) is 9.28. The van der Waals surface area contributed by atoms with Gasteiger partial charge >= 0.3 is 0 Å². The third-order valence-corrected chi connectivity index (χ3v) is 4.52. The zero-order valence-electron chi connectivity index (χ0n) is 11.8. The van der Waals surface area contributed by atoms with Gasteiger partial charge in [-0.1, -0.05) is 6.07 Å². The lowest BCUT2D eigenvalue weighted by Gasteiger charge is -2.15. The second-order valence-electron chi connectivity index (χ2n) is 4.51. The van der Waals surface area contributed by atoms with E-state index < -0.39 is 16.1 Å². The minimum atomic E-state index is -3.74. The van der Waals surface area contributed by atoms with E-state index in [-0.39, 0.29) is 10.6 Å². The van der Waals surface area contributed by atoms with Crippen molar-refractivity contribution < 1.29 is 13.2 Å². The molecule has 1 atom stereocenters. The van der Waals surface area contributed by atoms with Crippen LogP contribution < -0.4 is 15.2 Å². The smallest absolute Gasteiger partial charge is 0.244 e. The average molecular weight is 307 g/mol. The quantitative estimate of drug-likeness (QED) is 0.820. The molecule has 0 aliphatic rings. The van der Waals surface area contributed by atoms with E-state index in [1.165, 1.54) is 25.3 Å². The van der Waals surface area contributed by atoms with Crippen LogP contribution in [0.5, 0.6) is 5.75 Å². The highest BCUT2D eigenvalue weighted by atomic mass is 32.2. The van der Waals surface area contributed by atoms with Crippen molar-refractivity contribution in [3.63, 3.8) is 0 Å². The first kappa shape index (κ1) is 15.3. The predicted octanol–water partition coefficient (Wildman–Crippen LogP) is 1.71. The molecule has 1 aromatic carbocycles. The molecule has 0 fully saturated rings. The maximum Gasteiger partial charge on any atom is 0.244 e. The molecule has 0 radical (unpaired) electrons. The number of rotatable bonds is 5. The van der Waals surface area contributed by atoms with Gasteiger partial charge in [0.05, 0.1) is 18.8 Å². The Balaban J connectivity index is 2.31. The van der Waals surface area contributed by atoms with Gasteiger partial charge in [0.15, 0.2) is 0 Å². The van der Waals surface area contributed by atoms with E-state index in [2.05, 4.69) is 9.71 Å². The molecule has 0 amide bonds. The highest BCUT2D eigenvalue weighted by molar-refractivity contribution is 7.89. The van der Waals surface area contributed by atoms with Crippen molar-refractivity contribution in [2.75, 3.05) is 12.8 Å². The molecule has 0 saturated heterocycles. The van der Waals surface area contributed by atoms with E-state index in [1.807, 2.05) is 0 Å². The Morgan fingerprint density at radius 2 is 2.05 bits per heavy atom. The van der Waals surface area contributed by atoms with Crippen LogP contribution in [0.4, 0.5) is 5.69 Å². The normalized spacial score (nSPS) is 12.9. The molecule has 2 aromatic rings. The average Bonchev–Trinajstić information content (AvgIpc) is 2.47. The molecule has 1 aromatic heterocycles. The Morgan fingerprint density at radius 1 is 1.29 bits per heavy atom. The number of nitrogens with one attached hydrogen (secondary N) is 1. The zero-order valence-corrected chi connectivity index (χ0v) is 12.6. The van der Waals surface area contributed by atoms with E-state index in [0.717, 1.165) is 0 Å². The zero-order chi connectivity index (χ0) is 15.5. The number of sulfonamides is 1. The summed E-state index contributed by atoms with van der Waals surface area (Å²) in [6.07, 6.45) is 1.62. The number of anilines is 1. The Kier molecular flexibility index (Phi) is 4.44. The summed E-state index contributed by atoms with van der Waals surface area (Å²) >= 11 is 0. The Morgan fingerprint density at radius 3 is 2.67 bits per heavy atom. The van der Waals surface area contributed by atoms with E-state index in [9.17, 15) is 8.42 Å². The van der Waals surface area contributed by atoms with E-state index in [4.69, 9.17) is 10.5 Å². The number of nitrogens with two attached hydrogens (primary N) is 1. The summed E-state index contributed by atoms with van der Waals surface area (Å²) in [5.74, 6) is 0.204. The van der Waals surface area contributed by atoms with Gasteiger partial charge in [0, 0.05) is 18.0 Å². The van der Waals surface area contributed by atoms with Gasteiger partial charge in [-0.3, -0.25) is 4.98 Å². The van der Waals surface area contributed by atoms with Crippen LogP contribution in [-0.2, 0) is 10.0 Å². The standard InChI is InChI=1S/C14H17N3O3S/c1-10(12-5-3-4-8-16-12)17-21(18,19)14-7-6-11(15)9-13(14)20-2/h3-10,17H,15H2,1-2H3. The fourth-order valence-corrected chi connectivity index (χ4v) is 3.26. The number of nitrogens with zero attached hydrogens (tertiary/aromatic N) is 1. The van der Waals surface area contributed by atoms with Gasteiger partial charge in [0.1, 0.15) is 10.6 Å². The second-order valence-corrected chi connectivity index (χ2v) is 6.19. The molecule has 0 spiro atoms. The summed E-state index contributed by atoms with van der Waals surface area (Å²) in [7, 11) is -2.34. The summed E-state index contributed by atoms with van der Waals surface area (Å²) in [5.41, 5.74) is 6.70. The first-order chi connectivity index (χ1) is 9.94. The van der Waals surface area contributed by atoms with E-state index in [1.54, 1.807) is 31.3 Å². The summed E-state index contributed by atoms with van der Waals surface area (Å²) in [6.45, 7) is 1.73. The summed E-state index contributed by atoms with van der Waals surface area (Å²) in [4.78, 5) is 4.18. The molecule has 0 bridgehead atoms. The van der Waals surface area contributed by atoms with Gasteiger partial charge in [-0.25, -0.2) is 13.1 Å². The van der Waals surface area contributed by atoms with E-state index in [0.29, 0.717) is 11.4 Å². The maximum atomic E-state index is 12.4. The van der Waals surface area contributed by atoms with Gasteiger partial charge in [-0.2, -0.15) is 0 Å².